The van der Waals surface area contributed by atoms with Gasteiger partial charge in [-0.1, -0.05) is 35.3 Å². The predicted molar refractivity (Wildman–Crippen MR) is 85.0 cm³/mol. The van der Waals surface area contributed by atoms with Gasteiger partial charge in [0.1, 0.15) is 0 Å². The lowest BCUT2D eigenvalue weighted by Gasteiger charge is -2.11. The molecule has 0 aliphatic carbocycles. The third-order valence-corrected chi connectivity index (χ3v) is 3.37. The molecule has 0 aliphatic heterocycles. The van der Waals surface area contributed by atoms with Gasteiger partial charge in [-0.15, -0.1) is 0 Å². The second-order valence-corrected chi connectivity index (χ2v) is 5.36. The lowest BCUT2D eigenvalue weighted by molar-refractivity contribution is 0.262. The molecule has 0 saturated heterocycles. The summed E-state index contributed by atoms with van der Waals surface area (Å²) in [4.78, 5) is 11.9. The van der Waals surface area contributed by atoms with E-state index < -0.39 is 0 Å². The average Bonchev–Trinajstić information content (AvgIpc) is 2.36. The maximum Gasteiger partial charge on any atom is 0.323 e. The summed E-state index contributed by atoms with van der Waals surface area (Å²) < 4.78 is 0. The first kappa shape index (κ1) is 14.7. The topological polar surface area (TPSA) is 41.1 Å². The van der Waals surface area contributed by atoms with Crippen LogP contribution in [-0.4, -0.2) is 6.03 Å². The van der Waals surface area contributed by atoms with E-state index in [-0.39, 0.29) is 6.03 Å². The van der Waals surface area contributed by atoms with E-state index in [1.54, 1.807) is 24.3 Å². The van der Waals surface area contributed by atoms with E-state index >= 15 is 0 Å². The van der Waals surface area contributed by atoms with Crippen molar-refractivity contribution in [1.82, 2.24) is 0 Å². The number of hydrogen-bond donors (Lipinski definition) is 2. The number of benzene rings is 2. The number of aryl methyl sites for hydroxylation is 2. The Labute approximate surface area is 127 Å². The van der Waals surface area contributed by atoms with Crippen molar-refractivity contribution < 1.29 is 4.79 Å². The van der Waals surface area contributed by atoms with E-state index in [0.717, 1.165) is 11.1 Å². The minimum Gasteiger partial charge on any atom is -0.306 e. The highest BCUT2D eigenvalue weighted by Gasteiger charge is 2.08. The van der Waals surface area contributed by atoms with E-state index in [0.29, 0.717) is 21.4 Å². The maximum absolute atomic E-state index is 11.9. The Kier molecular flexibility index (Phi) is 4.53. The predicted octanol–water partition coefficient (Wildman–Crippen LogP) is 5.25. The van der Waals surface area contributed by atoms with Crippen LogP contribution in [0.3, 0.4) is 0 Å². The van der Waals surface area contributed by atoms with Crippen molar-refractivity contribution in [2.24, 2.45) is 0 Å². The SMILES string of the molecule is Cc1ccc(NC(=O)Nc2ccc(C)cc2Cl)c(Cl)c1. The minimum absolute atomic E-state index is 0.387. The van der Waals surface area contributed by atoms with Gasteiger partial charge in [0.15, 0.2) is 0 Å². The van der Waals surface area contributed by atoms with Crippen LogP contribution in [0.25, 0.3) is 0 Å². The summed E-state index contributed by atoms with van der Waals surface area (Å²) in [7, 11) is 0. The van der Waals surface area contributed by atoms with Gasteiger partial charge in [-0.2, -0.15) is 0 Å². The maximum atomic E-state index is 11.9. The van der Waals surface area contributed by atoms with Gasteiger partial charge in [0.05, 0.1) is 21.4 Å². The molecule has 0 spiro atoms. The number of carbonyl (C=O) groups excluding carboxylic acids is 1. The average molecular weight is 309 g/mol. The summed E-state index contributed by atoms with van der Waals surface area (Å²) in [6.45, 7) is 3.86. The first-order chi connectivity index (χ1) is 9.45. The van der Waals surface area contributed by atoms with Crippen LogP contribution in [0.5, 0.6) is 0 Å². The summed E-state index contributed by atoms with van der Waals surface area (Å²) in [5.41, 5.74) is 3.17. The van der Waals surface area contributed by atoms with Gasteiger partial charge in [-0.25, -0.2) is 4.79 Å². The highest BCUT2D eigenvalue weighted by atomic mass is 35.5. The van der Waals surface area contributed by atoms with Gasteiger partial charge >= 0.3 is 6.03 Å². The molecule has 2 N–H and O–H groups in total. The molecule has 0 heterocycles. The summed E-state index contributed by atoms with van der Waals surface area (Å²) in [6, 6.07) is 10.5. The molecular weight excluding hydrogens is 295 g/mol. The van der Waals surface area contributed by atoms with E-state index in [4.69, 9.17) is 23.2 Å². The molecule has 0 aromatic heterocycles. The summed E-state index contributed by atoms with van der Waals surface area (Å²) in [5.74, 6) is 0. The van der Waals surface area contributed by atoms with Crippen molar-refractivity contribution in [3.63, 3.8) is 0 Å². The minimum atomic E-state index is -0.387. The number of urea groups is 1. The fourth-order valence-electron chi connectivity index (χ4n) is 1.72. The fraction of sp³-hybridized carbons (Fsp3) is 0.133. The standard InChI is InChI=1S/C15H14Cl2N2O/c1-9-3-5-13(11(16)7-9)18-15(20)19-14-6-4-10(2)8-12(14)17/h3-8H,1-2H3,(H2,18,19,20). The largest absolute Gasteiger partial charge is 0.323 e. The number of nitrogens with one attached hydrogen (secondary N) is 2. The zero-order valence-corrected chi connectivity index (χ0v) is 12.6. The van der Waals surface area contributed by atoms with Crippen LogP contribution < -0.4 is 10.6 Å². The van der Waals surface area contributed by atoms with Crippen molar-refractivity contribution in [1.29, 1.82) is 0 Å². The van der Waals surface area contributed by atoms with Crippen LogP contribution >= 0.6 is 23.2 Å². The molecule has 0 unspecified atom stereocenters. The summed E-state index contributed by atoms with van der Waals surface area (Å²) >= 11 is 12.1. The molecule has 2 amide bonds. The van der Waals surface area contributed by atoms with Crippen molar-refractivity contribution in [2.75, 3.05) is 10.6 Å². The number of carbonyl (C=O) groups is 1. The molecular formula is C15H14Cl2N2O. The molecule has 0 aliphatic rings. The molecule has 20 heavy (non-hydrogen) atoms. The van der Waals surface area contributed by atoms with E-state index in [1.807, 2.05) is 26.0 Å². The fourth-order valence-corrected chi connectivity index (χ4v) is 2.28. The van der Waals surface area contributed by atoms with Crippen LogP contribution in [0, 0.1) is 13.8 Å². The lowest BCUT2D eigenvalue weighted by Crippen LogP contribution is -2.19. The quantitative estimate of drug-likeness (QED) is 0.781. The van der Waals surface area contributed by atoms with Crippen molar-refractivity contribution in [3.05, 3.63) is 57.6 Å². The first-order valence-electron chi connectivity index (χ1n) is 6.06. The van der Waals surface area contributed by atoms with Crippen LogP contribution in [0.1, 0.15) is 11.1 Å². The molecule has 2 aromatic carbocycles. The Bertz CT molecular complexity index is 601. The van der Waals surface area contributed by atoms with Crippen molar-refractivity contribution in [2.45, 2.75) is 13.8 Å². The molecule has 0 bridgehead atoms. The molecule has 0 fully saturated rings. The zero-order chi connectivity index (χ0) is 14.7. The van der Waals surface area contributed by atoms with Gasteiger partial charge in [0.2, 0.25) is 0 Å². The highest BCUT2D eigenvalue weighted by Crippen LogP contribution is 2.25. The monoisotopic (exact) mass is 308 g/mol. The van der Waals surface area contributed by atoms with Crippen molar-refractivity contribution in [3.8, 4) is 0 Å². The molecule has 0 saturated carbocycles. The molecule has 2 aromatic rings. The van der Waals surface area contributed by atoms with E-state index in [9.17, 15) is 4.79 Å². The molecule has 3 nitrogen and oxygen atoms in total. The number of hydrogen-bond acceptors (Lipinski definition) is 1. The third kappa shape index (κ3) is 3.65. The smallest absolute Gasteiger partial charge is 0.306 e. The second kappa shape index (κ2) is 6.16. The van der Waals surface area contributed by atoms with Gasteiger partial charge in [0, 0.05) is 0 Å². The van der Waals surface area contributed by atoms with Crippen LogP contribution in [-0.2, 0) is 0 Å². The Hall–Kier alpha value is -1.71. The van der Waals surface area contributed by atoms with Gasteiger partial charge in [0.25, 0.3) is 0 Å². The summed E-state index contributed by atoms with van der Waals surface area (Å²) in [5, 5.41) is 6.37. The Morgan fingerprint density at radius 3 is 1.60 bits per heavy atom. The number of halogens is 2. The lowest BCUT2D eigenvalue weighted by atomic mass is 10.2. The Morgan fingerprint density at radius 2 is 1.25 bits per heavy atom. The normalized spacial score (nSPS) is 10.2. The molecule has 0 radical (unpaired) electrons. The van der Waals surface area contributed by atoms with E-state index in [1.165, 1.54) is 0 Å². The zero-order valence-electron chi connectivity index (χ0n) is 11.1. The number of amides is 2. The molecule has 2 rings (SSSR count). The van der Waals surface area contributed by atoms with Crippen LogP contribution in [0.15, 0.2) is 36.4 Å². The van der Waals surface area contributed by atoms with Gasteiger partial charge in [-0.3, -0.25) is 0 Å². The Balaban J connectivity index is 2.09. The number of anilines is 2. The van der Waals surface area contributed by atoms with Crippen LogP contribution in [0.2, 0.25) is 10.0 Å². The van der Waals surface area contributed by atoms with Crippen molar-refractivity contribution >= 4 is 40.6 Å². The summed E-state index contributed by atoms with van der Waals surface area (Å²) in [6.07, 6.45) is 0. The Morgan fingerprint density at radius 1 is 0.850 bits per heavy atom. The third-order valence-electron chi connectivity index (χ3n) is 2.75. The van der Waals surface area contributed by atoms with Gasteiger partial charge in [-0.05, 0) is 49.2 Å². The van der Waals surface area contributed by atoms with Gasteiger partial charge < -0.3 is 10.6 Å². The first-order valence-corrected chi connectivity index (χ1v) is 6.81. The molecule has 5 heteroatoms. The number of rotatable bonds is 2. The highest BCUT2D eigenvalue weighted by molar-refractivity contribution is 6.34. The van der Waals surface area contributed by atoms with Crippen LogP contribution in [0.4, 0.5) is 16.2 Å². The van der Waals surface area contributed by atoms with E-state index in [2.05, 4.69) is 10.6 Å². The molecule has 104 valence electrons. The molecule has 0 atom stereocenters. The second-order valence-electron chi connectivity index (χ2n) is 4.55.